The highest BCUT2D eigenvalue weighted by Crippen LogP contribution is 2.21. The highest BCUT2D eigenvalue weighted by molar-refractivity contribution is 5.31. The number of hydrogen-bond acceptors (Lipinski definition) is 3. The Morgan fingerprint density at radius 2 is 2.00 bits per heavy atom. The van der Waals surface area contributed by atoms with Gasteiger partial charge in [0.2, 0.25) is 0 Å². The Morgan fingerprint density at radius 1 is 1.21 bits per heavy atom. The van der Waals surface area contributed by atoms with Crippen molar-refractivity contribution in [2.45, 2.75) is 12.6 Å². The molecule has 4 nitrogen and oxygen atoms in total. The van der Waals surface area contributed by atoms with Crippen molar-refractivity contribution < 1.29 is 9.47 Å². The number of aromatic nitrogens is 1. The van der Waals surface area contributed by atoms with E-state index in [1.54, 1.807) is 7.11 Å². The maximum atomic E-state index is 5.84. The normalized spacial score (nSPS) is 17.8. The van der Waals surface area contributed by atoms with Crippen LogP contribution >= 0.6 is 0 Å². The SMILES string of the molecule is COc1ccc(OCC2NCCn3cccc32)cc1. The van der Waals surface area contributed by atoms with Gasteiger partial charge in [0, 0.05) is 25.0 Å². The van der Waals surface area contributed by atoms with E-state index in [0.717, 1.165) is 24.6 Å². The first-order chi connectivity index (χ1) is 9.36. The molecule has 0 amide bonds. The Balaban J connectivity index is 1.64. The third-order valence-corrected chi connectivity index (χ3v) is 3.44. The predicted molar refractivity (Wildman–Crippen MR) is 73.7 cm³/mol. The van der Waals surface area contributed by atoms with E-state index in [0.29, 0.717) is 6.61 Å². The Hall–Kier alpha value is -1.94. The van der Waals surface area contributed by atoms with Crippen LogP contribution in [0.25, 0.3) is 0 Å². The van der Waals surface area contributed by atoms with Gasteiger partial charge in [-0.2, -0.15) is 0 Å². The molecule has 0 fully saturated rings. The van der Waals surface area contributed by atoms with Gasteiger partial charge in [0.15, 0.2) is 0 Å². The van der Waals surface area contributed by atoms with Crippen LogP contribution in [0.2, 0.25) is 0 Å². The van der Waals surface area contributed by atoms with Crippen molar-refractivity contribution >= 4 is 0 Å². The molecule has 19 heavy (non-hydrogen) atoms. The number of methoxy groups -OCH3 is 1. The van der Waals surface area contributed by atoms with Crippen LogP contribution in [0.5, 0.6) is 11.5 Å². The molecule has 0 radical (unpaired) electrons. The summed E-state index contributed by atoms with van der Waals surface area (Å²) in [6, 6.07) is 12.2. The number of rotatable bonds is 4. The smallest absolute Gasteiger partial charge is 0.119 e. The van der Waals surface area contributed by atoms with Crippen LogP contribution in [0.15, 0.2) is 42.6 Å². The number of fused-ring (bicyclic) bond motifs is 1. The molecule has 2 heterocycles. The van der Waals surface area contributed by atoms with E-state index in [-0.39, 0.29) is 6.04 Å². The lowest BCUT2D eigenvalue weighted by Gasteiger charge is -2.26. The summed E-state index contributed by atoms with van der Waals surface area (Å²) in [5.41, 5.74) is 1.29. The molecular formula is C15H18N2O2. The second kappa shape index (κ2) is 5.36. The molecule has 4 heteroatoms. The van der Waals surface area contributed by atoms with Crippen molar-refractivity contribution in [3.8, 4) is 11.5 Å². The summed E-state index contributed by atoms with van der Waals surface area (Å²) in [4.78, 5) is 0. The van der Waals surface area contributed by atoms with Crippen LogP contribution in [0.3, 0.4) is 0 Å². The molecule has 0 saturated carbocycles. The third-order valence-electron chi connectivity index (χ3n) is 3.44. The van der Waals surface area contributed by atoms with Crippen molar-refractivity contribution in [2.75, 3.05) is 20.3 Å². The van der Waals surface area contributed by atoms with Gasteiger partial charge in [-0.15, -0.1) is 0 Å². The minimum atomic E-state index is 0.255. The Kier molecular flexibility index (Phi) is 3.42. The summed E-state index contributed by atoms with van der Waals surface area (Å²) >= 11 is 0. The summed E-state index contributed by atoms with van der Waals surface area (Å²) in [5, 5.41) is 3.48. The van der Waals surface area contributed by atoms with Gasteiger partial charge in [0.05, 0.1) is 13.2 Å². The minimum Gasteiger partial charge on any atom is -0.497 e. The van der Waals surface area contributed by atoms with Crippen LogP contribution in [0.1, 0.15) is 11.7 Å². The van der Waals surface area contributed by atoms with Gasteiger partial charge in [-0.25, -0.2) is 0 Å². The van der Waals surface area contributed by atoms with E-state index in [2.05, 4.69) is 28.2 Å². The average molecular weight is 258 g/mol. The molecule has 0 bridgehead atoms. The van der Waals surface area contributed by atoms with Crippen LogP contribution in [0.4, 0.5) is 0 Å². The summed E-state index contributed by atoms with van der Waals surface area (Å²) in [6.45, 7) is 2.65. The second-order valence-electron chi connectivity index (χ2n) is 4.62. The lowest BCUT2D eigenvalue weighted by atomic mass is 10.2. The molecule has 1 aromatic heterocycles. The van der Waals surface area contributed by atoms with E-state index in [1.165, 1.54) is 5.69 Å². The predicted octanol–water partition coefficient (Wildman–Crippen LogP) is 2.22. The zero-order valence-corrected chi connectivity index (χ0v) is 11.0. The van der Waals surface area contributed by atoms with Crippen molar-refractivity contribution in [3.63, 3.8) is 0 Å². The summed E-state index contributed by atoms with van der Waals surface area (Å²) in [6.07, 6.45) is 2.12. The zero-order chi connectivity index (χ0) is 13.1. The maximum Gasteiger partial charge on any atom is 0.119 e. The van der Waals surface area contributed by atoms with Gasteiger partial charge in [0.25, 0.3) is 0 Å². The third kappa shape index (κ3) is 2.58. The van der Waals surface area contributed by atoms with Gasteiger partial charge in [-0.05, 0) is 36.4 Å². The monoisotopic (exact) mass is 258 g/mol. The summed E-state index contributed by atoms with van der Waals surface area (Å²) in [7, 11) is 1.66. The molecule has 0 spiro atoms. The first-order valence-electron chi connectivity index (χ1n) is 6.52. The first kappa shape index (κ1) is 12.1. The fraction of sp³-hybridized carbons (Fsp3) is 0.333. The molecular weight excluding hydrogens is 240 g/mol. The van der Waals surface area contributed by atoms with Crippen molar-refractivity contribution in [2.24, 2.45) is 0 Å². The molecule has 1 aliphatic heterocycles. The average Bonchev–Trinajstić information content (AvgIpc) is 2.94. The Bertz CT molecular complexity index is 533. The van der Waals surface area contributed by atoms with E-state index in [9.17, 15) is 0 Å². The standard InChI is InChI=1S/C15H18N2O2/c1-18-12-4-6-13(7-5-12)19-11-14-15-3-2-9-17(15)10-8-16-14/h2-7,9,14,16H,8,10-11H2,1H3. The topological polar surface area (TPSA) is 35.4 Å². The van der Waals surface area contributed by atoms with Crippen LogP contribution in [0, 0.1) is 0 Å². The number of nitrogens with zero attached hydrogens (tertiary/aromatic N) is 1. The molecule has 1 N–H and O–H groups in total. The molecule has 1 aromatic carbocycles. The number of nitrogens with one attached hydrogen (secondary N) is 1. The van der Waals surface area contributed by atoms with E-state index >= 15 is 0 Å². The highest BCUT2D eigenvalue weighted by Gasteiger charge is 2.19. The molecule has 2 aromatic rings. The quantitative estimate of drug-likeness (QED) is 0.913. The summed E-state index contributed by atoms with van der Waals surface area (Å²) in [5.74, 6) is 1.71. The molecule has 0 aliphatic carbocycles. The van der Waals surface area contributed by atoms with Crippen molar-refractivity contribution in [1.82, 2.24) is 9.88 Å². The fourth-order valence-electron chi connectivity index (χ4n) is 2.41. The highest BCUT2D eigenvalue weighted by atomic mass is 16.5. The number of benzene rings is 1. The Morgan fingerprint density at radius 3 is 2.79 bits per heavy atom. The molecule has 100 valence electrons. The van der Waals surface area contributed by atoms with Crippen LogP contribution in [-0.4, -0.2) is 24.8 Å². The molecule has 3 rings (SSSR count). The number of ether oxygens (including phenoxy) is 2. The molecule has 1 unspecified atom stereocenters. The summed E-state index contributed by atoms with van der Waals surface area (Å²) < 4.78 is 13.2. The van der Waals surface area contributed by atoms with Crippen molar-refractivity contribution in [3.05, 3.63) is 48.3 Å². The molecule has 1 aliphatic rings. The second-order valence-corrected chi connectivity index (χ2v) is 4.62. The van der Waals surface area contributed by atoms with Gasteiger partial charge in [-0.1, -0.05) is 0 Å². The van der Waals surface area contributed by atoms with Crippen LogP contribution < -0.4 is 14.8 Å². The lowest BCUT2D eigenvalue weighted by molar-refractivity contribution is 0.247. The van der Waals surface area contributed by atoms with Crippen LogP contribution in [-0.2, 0) is 6.54 Å². The van der Waals surface area contributed by atoms with E-state index in [1.807, 2.05) is 24.3 Å². The number of hydrogen-bond donors (Lipinski definition) is 1. The maximum absolute atomic E-state index is 5.84. The van der Waals surface area contributed by atoms with Gasteiger partial charge in [-0.3, -0.25) is 0 Å². The zero-order valence-electron chi connectivity index (χ0n) is 11.0. The molecule has 0 saturated heterocycles. The molecule has 1 atom stereocenters. The van der Waals surface area contributed by atoms with E-state index in [4.69, 9.17) is 9.47 Å². The van der Waals surface area contributed by atoms with Gasteiger partial charge >= 0.3 is 0 Å². The fourth-order valence-corrected chi connectivity index (χ4v) is 2.41. The van der Waals surface area contributed by atoms with Gasteiger partial charge < -0.3 is 19.4 Å². The lowest BCUT2D eigenvalue weighted by Crippen LogP contribution is -2.36. The largest absolute Gasteiger partial charge is 0.497 e. The van der Waals surface area contributed by atoms with Gasteiger partial charge in [0.1, 0.15) is 18.1 Å². The van der Waals surface area contributed by atoms with Crippen molar-refractivity contribution in [1.29, 1.82) is 0 Å². The Labute approximate surface area is 113 Å². The van der Waals surface area contributed by atoms with E-state index < -0.39 is 0 Å². The minimum absolute atomic E-state index is 0.255. The first-order valence-corrected chi connectivity index (χ1v) is 6.52.